The summed E-state index contributed by atoms with van der Waals surface area (Å²) in [6, 6.07) is 0.323. The van der Waals surface area contributed by atoms with E-state index in [4.69, 9.17) is 5.73 Å². The number of carbonyl (C=O) groups excluding carboxylic acids is 1. The Balaban J connectivity index is 2.42. The van der Waals surface area contributed by atoms with Gasteiger partial charge in [-0.15, -0.1) is 0 Å². The molecule has 1 saturated carbocycles. The fraction of sp³-hybridized carbons (Fsp3) is 0.909. The van der Waals surface area contributed by atoms with E-state index in [1.807, 2.05) is 0 Å². The van der Waals surface area contributed by atoms with Gasteiger partial charge >= 0.3 is 0 Å². The molecule has 0 aromatic carbocycles. The van der Waals surface area contributed by atoms with E-state index in [-0.39, 0.29) is 11.8 Å². The summed E-state index contributed by atoms with van der Waals surface area (Å²) < 4.78 is 0. The van der Waals surface area contributed by atoms with E-state index in [0.29, 0.717) is 12.0 Å². The van der Waals surface area contributed by atoms with Crippen LogP contribution in [0.25, 0.3) is 0 Å². The van der Waals surface area contributed by atoms with Crippen molar-refractivity contribution < 1.29 is 4.79 Å². The third kappa shape index (κ3) is 3.29. The van der Waals surface area contributed by atoms with Crippen LogP contribution in [-0.2, 0) is 4.79 Å². The molecule has 1 amide bonds. The van der Waals surface area contributed by atoms with Gasteiger partial charge in [0.25, 0.3) is 0 Å². The van der Waals surface area contributed by atoms with Crippen LogP contribution < -0.4 is 11.1 Å². The van der Waals surface area contributed by atoms with Gasteiger partial charge in [-0.1, -0.05) is 26.7 Å². The van der Waals surface area contributed by atoms with Crippen molar-refractivity contribution in [3.63, 3.8) is 0 Å². The summed E-state index contributed by atoms with van der Waals surface area (Å²) in [5, 5.41) is 3.45. The predicted octanol–water partition coefficient (Wildman–Crippen LogP) is 1.28. The molecule has 1 aliphatic carbocycles. The lowest BCUT2D eigenvalue weighted by Gasteiger charge is -2.30. The fourth-order valence-electron chi connectivity index (χ4n) is 2.10. The normalized spacial score (nSPS) is 27.9. The van der Waals surface area contributed by atoms with Gasteiger partial charge in [-0.3, -0.25) is 4.79 Å². The molecule has 3 heteroatoms. The van der Waals surface area contributed by atoms with Gasteiger partial charge in [0.15, 0.2) is 0 Å². The number of nitrogens with two attached hydrogens (primary N) is 1. The van der Waals surface area contributed by atoms with E-state index in [2.05, 4.69) is 19.2 Å². The van der Waals surface area contributed by atoms with E-state index >= 15 is 0 Å². The zero-order chi connectivity index (χ0) is 10.6. The monoisotopic (exact) mass is 198 g/mol. The maximum Gasteiger partial charge on any atom is 0.222 e. The van der Waals surface area contributed by atoms with Crippen LogP contribution in [-0.4, -0.2) is 18.5 Å². The van der Waals surface area contributed by atoms with Crippen molar-refractivity contribution in [2.45, 2.75) is 45.6 Å². The number of carbonyl (C=O) groups is 1. The molecule has 1 aliphatic rings. The Kier molecular flexibility index (Phi) is 4.39. The minimum Gasteiger partial charge on any atom is -0.369 e. The molecule has 0 aliphatic heterocycles. The number of primary amides is 1. The van der Waals surface area contributed by atoms with Crippen LogP contribution >= 0.6 is 0 Å². The molecule has 14 heavy (non-hydrogen) atoms. The third-order valence-corrected chi connectivity index (χ3v) is 2.92. The summed E-state index contributed by atoms with van der Waals surface area (Å²) in [5.41, 5.74) is 5.39. The molecule has 0 radical (unpaired) electrons. The second-order valence-corrected chi connectivity index (χ2v) is 4.70. The van der Waals surface area contributed by atoms with Gasteiger partial charge in [-0.25, -0.2) is 0 Å². The Hall–Kier alpha value is -0.570. The quantitative estimate of drug-likeness (QED) is 0.715. The van der Waals surface area contributed by atoms with E-state index < -0.39 is 0 Å². The van der Waals surface area contributed by atoms with Crippen LogP contribution in [0.15, 0.2) is 0 Å². The summed E-state index contributed by atoms with van der Waals surface area (Å²) >= 11 is 0. The lowest BCUT2D eigenvalue weighted by atomic mass is 9.84. The summed E-state index contributed by atoms with van der Waals surface area (Å²) in [6.45, 7) is 5.33. The van der Waals surface area contributed by atoms with Crippen LogP contribution in [0.2, 0.25) is 0 Å². The molecule has 0 heterocycles. The van der Waals surface area contributed by atoms with E-state index in [1.54, 1.807) is 0 Å². The van der Waals surface area contributed by atoms with Crippen LogP contribution in [0.1, 0.15) is 39.5 Å². The molecular weight excluding hydrogens is 176 g/mol. The highest BCUT2D eigenvalue weighted by Gasteiger charge is 2.28. The third-order valence-electron chi connectivity index (χ3n) is 2.92. The van der Waals surface area contributed by atoms with Gasteiger partial charge in [0, 0.05) is 6.04 Å². The molecule has 3 N–H and O–H groups in total. The zero-order valence-corrected chi connectivity index (χ0v) is 9.25. The van der Waals surface area contributed by atoms with E-state index in [1.165, 1.54) is 6.42 Å². The zero-order valence-electron chi connectivity index (χ0n) is 9.25. The number of amides is 1. The highest BCUT2D eigenvalue weighted by Crippen LogP contribution is 2.24. The minimum absolute atomic E-state index is 0.0579. The molecule has 0 saturated heterocycles. The van der Waals surface area contributed by atoms with Crippen molar-refractivity contribution in [3.05, 3.63) is 0 Å². The Bertz CT molecular complexity index is 192. The summed E-state index contributed by atoms with van der Waals surface area (Å²) in [7, 11) is 0. The van der Waals surface area contributed by atoms with Gasteiger partial charge in [0.05, 0.1) is 5.92 Å². The maximum absolute atomic E-state index is 11.2. The van der Waals surface area contributed by atoms with Crippen molar-refractivity contribution in [2.75, 3.05) is 6.54 Å². The van der Waals surface area contributed by atoms with Crippen molar-refractivity contribution in [3.8, 4) is 0 Å². The average molecular weight is 198 g/mol. The average Bonchev–Trinajstić information content (AvgIpc) is 2.15. The number of hydrogen-bond acceptors (Lipinski definition) is 2. The maximum atomic E-state index is 11.2. The minimum atomic E-state index is -0.133. The Morgan fingerprint density at radius 2 is 2.07 bits per heavy atom. The van der Waals surface area contributed by atoms with E-state index in [9.17, 15) is 4.79 Å². The lowest BCUT2D eigenvalue weighted by Crippen LogP contribution is -2.45. The second kappa shape index (κ2) is 5.35. The molecule has 2 atom stereocenters. The molecule has 0 bridgehead atoms. The Morgan fingerprint density at radius 3 is 2.64 bits per heavy atom. The lowest BCUT2D eigenvalue weighted by molar-refractivity contribution is -0.123. The second-order valence-electron chi connectivity index (χ2n) is 4.70. The standard InChI is InChI=1S/C11H22N2O/c1-8(2)7-13-10-6-4-3-5-9(10)11(12)14/h8-10,13H,3-7H2,1-2H3,(H2,12,14). The smallest absolute Gasteiger partial charge is 0.222 e. The molecule has 0 aromatic rings. The molecule has 1 rings (SSSR count). The topological polar surface area (TPSA) is 55.1 Å². The Morgan fingerprint density at radius 1 is 1.43 bits per heavy atom. The first-order valence-corrected chi connectivity index (χ1v) is 5.64. The Labute approximate surface area is 86.4 Å². The number of hydrogen-bond donors (Lipinski definition) is 2. The first-order chi connectivity index (χ1) is 6.61. The summed E-state index contributed by atoms with van der Waals surface area (Å²) in [4.78, 5) is 11.2. The van der Waals surface area contributed by atoms with Gasteiger partial charge in [0.1, 0.15) is 0 Å². The predicted molar refractivity (Wildman–Crippen MR) is 57.8 cm³/mol. The summed E-state index contributed by atoms with van der Waals surface area (Å²) in [6.07, 6.45) is 4.43. The molecule has 3 nitrogen and oxygen atoms in total. The van der Waals surface area contributed by atoms with Gasteiger partial charge in [0.2, 0.25) is 5.91 Å². The van der Waals surface area contributed by atoms with Crippen molar-refractivity contribution in [1.29, 1.82) is 0 Å². The van der Waals surface area contributed by atoms with Gasteiger partial charge in [-0.05, 0) is 25.3 Å². The van der Waals surface area contributed by atoms with Crippen molar-refractivity contribution in [2.24, 2.45) is 17.6 Å². The van der Waals surface area contributed by atoms with Crippen LogP contribution in [0.3, 0.4) is 0 Å². The number of nitrogens with one attached hydrogen (secondary N) is 1. The van der Waals surface area contributed by atoms with E-state index in [0.717, 1.165) is 25.8 Å². The fourth-order valence-corrected chi connectivity index (χ4v) is 2.10. The number of rotatable bonds is 4. The van der Waals surface area contributed by atoms with Crippen LogP contribution in [0, 0.1) is 11.8 Å². The first-order valence-electron chi connectivity index (χ1n) is 5.64. The van der Waals surface area contributed by atoms with Crippen LogP contribution in [0.4, 0.5) is 0 Å². The molecule has 1 fully saturated rings. The van der Waals surface area contributed by atoms with Gasteiger partial charge < -0.3 is 11.1 Å². The molecule has 2 unspecified atom stereocenters. The van der Waals surface area contributed by atoms with Crippen molar-refractivity contribution in [1.82, 2.24) is 5.32 Å². The van der Waals surface area contributed by atoms with Crippen LogP contribution in [0.5, 0.6) is 0 Å². The molecular formula is C11H22N2O. The molecule has 0 aromatic heterocycles. The summed E-state index contributed by atoms with van der Waals surface area (Å²) in [5.74, 6) is 0.555. The highest BCUT2D eigenvalue weighted by atomic mass is 16.1. The molecule has 0 spiro atoms. The molecule has 82 valence electrons. The van der Waals surface area contributed by atoms with Gasteiger partial charge in [-0.2, -0.15) is 0 Å². The highest BCUT2D eigenvalue weighted by molar-refractivity contribution is 5.77. The largest absolute Gasteiger partial charge is 0.369 e. The first kappa shape index (κ1) is 11.5. The SMILES string of the molecule is CC(C)CNC1CCCCC1C(N)=O. The van der Waals surface area contributed by atoms with Crippen molar-refractivity contribution >= 4 is 5.91 Å².